The number of rotatable bonds is 5. The summed E-state index contributed by atoms with van der Waals surface area (Å²) in [6, 6.07) is 13.9. The van der Waals surface area contributed by atoms with Crippen molar-refractivity contribution in [1.29, 1.82) is 0 Å². The van der Waals surface area contributed by atoms with Crippen LogP contribution in [0.2, 0.25) is 5.02 Å². The lowest BCUT2D eigenvalue weighted by molar-refractivity contribution is -0.118. The fourth-order valence-electron chi connectivity index (χ4n) is 2.82. The molecule has 3 rings (SSSR count). The van der Waals surface area contributed by atoms with E-state index in [9.17, 15) is 9.59 Å². The molecule has 27 heavy (non-hydrogen) atoms. The Kier molecular flexibility index (Phi) is 6.32. The topological polar surface area (TPSA) is 61.9 Å². The average molecular weight is 388 g/mol. The highest BCUT2D eigenvalue weighted by Gasteiger charge is 2.20. The monoisotopic (exact) mass is 387 g/mol. The van der Waals surface area contributed by atoms with Crippen LogP contribution in [0.25, 0.3) is 0 Å². The van der Waals surface area contributed by atoms with E-state index >= 15 is 0 Å². The van der Waals surface area contributed by atoms with Crippen molar-refractivity contribution in [3.05, 3.63) is 59.1 Å². The van der Waals surface area contributed by atoms with Crippen LogP contribution in [-0.2, 0) is 4.79 Å². The molecule has 0 saturated carbocycles. The van der Waals surface area contributed by atoms with E-state index in [2.05, 4.69) is 10.2 Å². The highest BCUT2D eigenvalue weighted by atomic mass is 35.5. The van der Waals surface area contributed by atoms with E-state index in [1.54, 1.807) is 48.5 Å². The van der Waals surface area contributed by atoms with Gasteiger partial charge in [-0.05, 0) is 37.4 Å². The molecule has 1 saturated heterocycles. The second-order valence-corrected chi connectivity index (χ2v) is 6.85. The molecule has 0 bridgehead atoms. The molecule has 1 N–H and O–H groups in total. The lowest BCUT2D eigenvalue weighted by atomic mass is 10.1. The van der Waals surface area contributed by atoms with Gasteiger partial charge in [0, 0.05) is 37.4 Å². The van der Waals surface area contributed by atoms with Crippen molar-refractivity contribution in [2.75, 3.05) is 45.2 Å². The van der Waals surface area contributed by atoms with Crippen LogP contribution in [0.5, 0.6) is 5.75 Å². The van der Waals surface area contributed by atoms with E-state index in [0.29, 0.717) is 35.1 Å². The molecule has 1 heterocycles. The summed E-state index contributed by atoms with van der Waals surface area (Å²) in [6.45, 7) is 2.97. The van der Waals surface area contributed by atoms with Crippen molar-refractivity contribution in [1.82, 2.24) is 9.80 Å². The summed E-state index contributed by atoms with van der Waals surface area (Å²) in [6.07, 6.45) is 0. The van der Waals surface area contributed by atoms with Crippen LogP contribution < -0.4 is 10.1 Å². The predicted octanol–water partition coefficient (Wildman–Crippen LogP) is 2.75. The van der Waals surface area contributed by atoms with Crippen molar-refractivity contribution in [3.8, 4) is 5.75 Å². The normalized spacial score (nSPS) is 14.7. The molecule has 0 unspecified atom stereocenters. The van der Waals surface area contributed by atoms with E-state index < -0.39 is 0 Å². The third-order valence-electron chi connectivity index (χ3n) is 4.38. The molecule has 2 amide bonds. The van der Waals surface area contributed by atoms with Gasteiger partial charge in [-0.15, -0.1) is 0 Å². The Morgan fingerprint density at radius 1 is 1.07 bits per heavy atom. The highest BCUT2D eigenvalue weighted by molar-refractivity contribution is 6.32. The SMILES string of the molecule is CN1CCN(C(=O)c2cccc(NC(=O)COc3ccccc3Cl)c2)CC1. The fourth-order valence-corrected chi connectivity index (χ4v) is 3.01. The van der Waals surface area contributed by atoms with E-state index in [1.165, 1.54) is 0 Å². The van der Waals surface area contributed by atoms with Crippen molar-refractivity contribution in [2.24, 2.45) is 0 Å². The third kappa shape index (κ3) is 5.21. The number of carbonyl (C=O) groups excluding carboxylic acids is 2. The smallest absolute Gasteiger partial charge is 0.262 e. The Bertz CT molecular complexity index is 820. The van der Waals surface area contributed by atoms with E-state index in [-0.39, 0.29) is 18.4 Å². The van der Waals surface area contributed by atoms with Crippen LogP contribution >= 0.6 is 11.6 Å². The summed E-state index contributed by atoms with van der Waals surface area (Å²) in [5.41, 5.74) is 1.12. The molecular weight excluding hydrogens is 366 g/mol. The zero-order valence-electron chi connectivity index (χ0n) is 15.2. The number of nitrogens with zero attached hydrogens (tertiary/aromatic N) is 2. The number of nitrogens with one attached hydrogen (secondary N) is 1. The molecule has 0 spiro atoms. The Labute approximate surface area is 163 Å². The number of ether oxygens (including phenoxy) is 1. The molecule has 1 fully saturated rings. The number of hydrogen-bond acceptors (Lipinski definition) is 4. The molecule has 2 aromatic rings. The molecule has 1 aliphatic rings. The lowest BCUT2D eigenvalue weighted by Crippen LogP contribution is -2.47. The number of amides is 2. The number of hydrogen-bond donors (Lipinski definition) is 1. The number of likely N-dealkylation sites (N-methyl/N-ethyl adjacent to an activating group) is 1. The number of anilines is 1. The maximum atomic E-state index is 12.6. The van der Waals surface area contributed by atoms with E-state index in [4.69, 9.17) is 16.3 Å². The Morgan fingerprint density at radius 3 is 2.56 bits per heavy atom. The van der Waals surface area contributed by atoms with Crippen LogP contribution in [0.3, 0.4) is 0 Å². The van der Waals surface area contributed by atoms with Gasteiger partial charge < -0.3 is 19.9 Å². The first kappa shape index (κ1) is 19.2. The Hall–Kier alpha value is -2.57. The van der Waals surface area contributed by atoms with Crippen LogP contribution in [0.15, 0.2) is 48.5 Å². The van der Waals surface area contributed by atoms with Gasteiger partial charge in [0.05, 0.1) is 5.02 Å². The minimum absolute atomic E-state index is 0.0217. The van der Waals surface area contributed by atoms with Crippen molar-refractivity contribution < 1.29 is 14.3 Å². The summed E-state index contributed by atoms with van der Waals surface area (Å²) in [4.78, 5) is 28.8. The van der Waals surface area contributed by atoms with Crippen LogP contribution in [0.1, 0.15) is 10.4 Å². The third-order valence-corrected chi connectivity index (χ3v) is 4.69. The van der Waals surface area contributed by atoms with Gasteiger partial charge in [-0.3, -0.25) is 9.59 Å². The van der Waals surface area contributed by atoms with Gasteiger partial charge in [-0.25, -0.2) is 0 Å². The molecule has 2 aromatic carbocycles. The van der Waals surface area contributed by atoms with Crippen LogP contribution in [0, 0.1) is 0 Å². The number of benzene rings is 2. The average Bonchev–Trinajstić information content (AvgIpc) is 2.67. The minimum Gasteiger partial charge on any atom is -0.482 e. The summed E-state index contributed by atoms with van der Waals surface area (Å²) in [7, 11) is 2.04. The van der Waals surface area contributed by atoms with E-state index in [1.807, 2.05) is 11.9 Å². The summed E-state index contributed by atoms with van der Waals surface area (Å²) in [5.74, 6) is 0.110. The molecule has 0 radical (unpaired) electrons. The highest BCUT2D eigenvalue weighted by Crippen LogP contribution is 2.23. The van der Waals surface area contributed by atoms with Crippen molar-refractivity contribution in [3.63, 3.8) is 0 Å². The molecule has 0 aliphatic carbocycles. The molecule has 6 nitrogen and oxygen atoms in total. The van der Waals surface area contributed by atoms with Gasteiger partial charge in [-0.1, -0.05) is 29.8 Å². The quantitative estimate of drug-likeness (QED) is 0.856. The van der Waals surface area contributed by atoms with Gasteiger partial charge in [0.25, 0.3) is 11.8 Å². The fraction of sp³-hybridized carbons (Fsp3) is 0.300. The van der Waals surface area contributed by atoms with Gasteiger partial charge >= 0.3 is 0 Å². The Morgan fingerprint density at radius 2 is 1.81 bits per heavy atom. The molecule has 142 valence electrons. The zero-order chi connectivity index (χ0) is 19.2. The standard InChI is InChI=1S/C20H22ClN3O3/c1-23-9-11-24(12-10-23)20(26)15-5-4-6-16(13-15)22-19(25)14-27-18-8-3-2-7-17(18)21/h2-8,13H,9-12,14H2,1H3,(H,22,25). The first-order valence-electron chi connectivity index (χ1n) is 8.78. The second-order valence-electron chi connectivity index (χ2n) is 6.44. The van der Waals surface area contributed by atoms with Gasteiger partial charge in [-0.2, -0.15) is 0 Å². The maximum Gasteiger partial charge on any atom is 0.262 e. The number of halogens is 1. The van der Waals surface area contributed by atoms with Crippen LogP contribution in [0.4, 0.5) is 5.69 Å². The summed E-state index contributed by atoms with van der Waals surface area (Å²) in [5, 5.41) is 3.20. The van der Waals surface area contributed by atoms with Gasteiger partial charge in [0.2, 0.25) is 0 Å². The van der Waals surface area contributed by atoms with E-state index in [0.717, 1.165) is 13.1 Å². The molecule has 1 aliphatic heterocycles. The van der Waals surface area contributed by atoms with Crippen LogP contribution in [-0.4, -0.2) is 61.4 Å². The molecule has 0 atom stereocenters. The van der Waals surface area contributed by atoms with Crippen molar-refractivity contribution in [2.45, 2.75) is 0 Å². The molecule has 7 heteroatoms. The second kappa shape index (κ2) is 8.88. The number of piperazine rings is 1. The zero-order valence-corrected chi connectivity index (χ0v) is 15.9. The van der Waals surface area contributed by atoms with Gasteiger partial charge in [0.1, 0.15) is 5.75 Å². The van der Waals surface area contributed by atoms with Gasteiger partial charge in [0.15, 0.2) is 6.61 Å². The molecule has 0 aromatic heterocycles. The Balaban J connectivity index is 1.57. The minimum atomic E-state index is -0.320. The summed E-state index contributed by atoms with van der Waals surface area (Å²) >= 11 is 6.00. The van der Waals surface area contributed by atoms with Crippen molar-refractivity contribution >= 4 is 29.1 Å². The first-order chi connectivity index (χ1) is 13.0. The largest absolute Gasteiger partial charge is 0.482 e. The molecular formula is C20H22ClN3O3. The lowest BCUT2D eigenvalue weighted by Gasteiger charge is -2.32. The first-order valence-corrected chi connectivity index (χ1v) is 9.16. The summed E-state index contributed by atoms with van der Waals surface area (Å²) < 4.78 is 5.43. The maximum absolute atomic E-state index is 12.6. The number of carbonyl (C=O) groups is 2. The predicted molar refractivity (Wildman–Crippen MR) is 105 cm³/mol. The number of para-hydroxylation sites is 1.